The number of aliphatic hydroxyl groups is 1. The average Bonchev–Trinajstić information content (AvgIpc) is 2.76. The van der Waals surface area contributed by atoms with E-state index in [9.17, 15) is 29.4 Å². The van der Waals surface area contributed by atoms with Gasteiger partial charge in [0, 0.05) is 23.2 Å². The van der Waals surface area contributed by atoms with Gasteiger partial charge in [-0.3, -0.25) is 14.4 Å². The third-order valence-corrected chi connectivity index (χ3v) is 8.43. The number of carbonyl (C=O) groups is 4. The van der Waals surface area contributed by atoms with Gasteiger partial charge in [0.2, 0.25) is 11.8 Å². The normalized spacial score (nSPS) is 34.5. The summed E-state index contributed by atoms with van der Waals surface area (Å²) in [6.07, 6.45) is 7.14. The average molecular weight is 461 g/mol. The van der Waals surface area contributed by atoms with Crippen LogP contribution >= 0.6 is 0 Å². The highest BCUT2D eigenvalue weighted by Crippen LogP contribution is 2.64. The van der Waals surface area contributed by atoms with Crippen molar-refractivity contribution in [2.45, 2.75) is 77.4 Å². The molecule has 0 heterocycles. The van der Waals surface area contributed by atoms with E-state index in [2.05, 4.69) is 11.9 Å². The van der Waals surface area contributed by atoms with Crippen LogP contribution in [0.1, 0.15) is 65.2 Å². The number of allylic oxidation sites excluding steroid dienone is 1. The topological polar surface area (TPSA) is 147 Å². The van der Waals surface area contributed by atoms with Crippen LogP contribution in [-0.4, -0.2) is 45.9 Å². The van der Waals surface area contributed by atoms with Crippen LogP contribution in [0.2, 0.25) is 0 Å². The number of nitrogens with one attached hydrogen (secondary N) is 1. The number of hydrogen-bond donors (Lipinski definition) is 4. The molecule has 2 amide bonds. The predicted octanol–water partition coefficient (Wildman–Crippen LogP) is 2.11. The van der Waals surface area contributed by atoms with Gasteiger partial charge >= 0.3 is 5.97 Å². The first kappa shape index (κ1) is 25.1. The van der Waals surface area contributed by atoms with Gasteiger partial charge in [-0.2, -0.15) is 0 Å². The fraction of sp³-hybridized carbons (Fsp3) is 0.680. The Bertz CT molecular complexity index is 882. The first-order chi connectivity index (χ1) is 15.4. The molecule has 2 bridgehead atoms. The Morgan fingerprint density at radius 3 is 2.67 bits per heavy atom. The summed E-state index contributed by atoms with van der Waals surface area (Å²) < 4.78 is 0. The van der Waals surface area contributed by atoms with Gasteiger partial charge < -0.3 is 21.3 Å². The van der Waals surface area contributed by atoms with Crippen molar-refractivity contribution in [2.75, 3.05) is 0 Å². The number of carboxylic acids is 1. The van der Waals surface area contributed by atoms with Crippen molar-refractivity contribution in [1.82, 2.24) is 5.32 Å². The van der Waals surface area contributed by atoms with Crippen LogP contribution in [-0.2, 0) is 19.2 Å². The first-order valence-electron chi connectivity index (χ1n) is 11.8. The van der Waals surface area contributed by atoms with E-state index in [1.54, 1.807) is 13.0 Å². The molecule has 0 aromatic heterocycles. The molecule has 5 N–H and O–H groups in total. The third-order valence-electron chi connectivity index (χ3n) is 8.43. The van der Waals surface area contributed by atoms with Gasteiger partial charge in [-0.1, -0.05) is 32.9 Å². The van der Waals surface area contributed by atoms with Gasteiger partial charge in [-0.25, -0.2) is 4.79 Å². The molecule has 33 heavy (non-hydrogen) atoms. The number of hydrogen-bond acceptors (Lipinski definition) is 5. The minimum Gasteiger partial charge on any atom is -0.480 e. The molecule has 0 saturated heterocycles. The number of carbonyl (C=O) groups excluding carboxylic acids is 3. The molecular weight excluding hydrogens is 424 g/mol. The quantitative estimate of drug-likeness (QED) is 0.367. The molecular formula is C25H36N2O6. The van der Waals surface area contributed by atoms with Crippen molar-refractivity contribution in [3.63, 3.8) is 0 Å². The minimum absolute atomic E-state index is 0.0380. The summed E-state index contributed by atoms with van der Waals surface area (Å²) in [5.41, 5.74) is 4.91. The summed E-state index contributed by atoms with van der Waals surface area (Å²) in [6.45, 7) is 7.82. The molecule has 0 aromatic rings. The van der Waals surface area contributed by atoms with Gasteiger partial charge in [0.1, 0.15) is 6.04 Å². The van der Waals surface area contributed by atoms with Crippen LogP contribution in [0, 0.1) is 28.6 Å². The predicted molar refractivity (Wildman–Crippen MR) is 122 cm³/mol. The van der Waals surface area contributed by atoms with E-state index in [0.29, 0.717) is 19.3 Å². The molecule has 7 atom stereocenters. The summed E-state index contributed by atoms with van der Waals surface area (Å²) in [4.78, 5) is 47.9. The highest BCUT2D eigenvalue weighted by atomic mass is 16.4. The summed E-state index contributed by atoms with van der Waals surface area (Å²) in [7, 11) is 0. The summed E-state index contributed by atoms with van der Waals surface area (Å²) in [6, 6.07) is -1.16. The third kappa shape index (κ3) is 4.63. The number of nitrogens with two attached hydrogens (primary N) is 1. The van der Waals surface area contributed by atoms with Gasteiger partial charge in [-0.15, -0.1) is 0 Å². The highest BCUT2D eigenvalue weighted by molar-refractivity contribution is 5.96. The van der Waals surface area contributed by atoms with Crippen LogP contribution in [0.3, 0.4) is 0 Å². The van der Waals surface area contributed by atoms with E-state index in [4.69, 9.17) is 5.73 Å². The minimum atomic E-state index is -1.21. The second-order valence-electron chi connectivity index (χ2n) is 10.4. The zero-order valence-corrected chi connectivity index (χ0v) is 19.5. The molecule has 8 heteroatoms. The Morgan fingerprint density at radius 2 is 2.03 bits per heavy atom. The number of fused-ring (bicyclic) bond motifs is 2. The monoisotopic (exact) mass is 460 g/mol. The van der Waals surface area contributed by atoms with Crippen LogP contribution in [0.15, 0.2) is 24.3 Å². The maximum absolute atomic E-state index is 13.0. The van der Waals surface area contributed by atoms with Gasteiger partial charge in [0.15, 0.2) is 5.78 Å². The Morgan fingerprint density at radius 1 is 1.33 bits per heavy atom. The summed E-state index contributed by atoms with van der Waals surface area (Å²) in [5.74, 6) is -2.32. The SMILES string of the molecule is C=C1[C@H]2CC[C@@]3(C=CC(=O)[C@@](C)(CCCC(C)C(=O)N[C@@H](CCC(N)=O)C(=O)O)[C@@H]3C2)[C@H]1O. The van der Waals surface area contributed by atoms with Crippen molar-refractivity contribution in [3.05, 3.63) is 24.3 Å². The lowest BCUT2D eigenvalue weighted by Crippen LogP contribution is -2.60. The number of carboxylic acid groups (broad SMARTS) is 1. The number of ketones is 1. The van der Waals surface area contributed by atoms with Gasteiger partial charge in [0.25, 0.3) is 0 Å². The van der Waals surface area contributed by atoms with Crippen molar-refractivity contribution in [3.8, 4) is 0 Å². The van der Waals surface area contributed by atoms with Crippen molar-refractivity contribution in [1.29, 1.82) is 0 Å². The van der Waals surface area contributed by atoms with Crippen molar-refractivity contribution < 1.29 is 29.4 Å². The smallest absolute Gasteiger partial charge is 0.326 e. The Hall–Kier alpha value is -2.48. The fourth-order valence-electron chi connectivity index (χ4n) is 6.25. The van der Waals surface area contributed by atoms with E-state index in [1.807, 2.05) is 13.0 Å². The zero-order valence-electron chi connectivity index (χ0n) is 19.5. The summed E-state index contributed by atoms with van der Waals surface area (Å²) >= 11 is 0. The molecule has 4 aliphatic carbocycles. The van der Waals surface area contributed by atoms with E-state index in [-0.39, 0.29) is 30.5 Å². The second-order valence-corrected chi connectivity index (χ2v) is 10.4. The van der Waals surface area contributed by atoms with E-state index >= 15 is 0 Å². The van der Waals surface area contributed by atoms with Gasteiger partial charge in [-0.05, 0) is 62.0 Å². The highest BCUT2D eigenvalue weighted by Gasteiger charge is 2.61. The number of rotatable bonds is 10. The Kier molecular flexibility index (Phi) is 7.17. The van der Waals surface area contributed by atoms with Crippen LogP contribution in [0.5, 0.6) is 0 Å². The van der Waals surface area contributed by atoms with Crippen molar-refractivity contribution >= 4 is 23.6 Å². The largest absolute Gasteiger partial charge is 0.480 e. The molecule has 0 radical (unpaired) electrons. The lowest BCUT2D eigenvalue weighted by atomic mass is 9.43. The molecule has 4 rings (SSSR count). The Balaban J connectivity index is 1.61. The number of amides is 2. The standard InChI is InChI=1S/C25H36N2O6/c1-14(22(31)27-17(23(32)33)6-7-20(26)29)5-4-10-24(3)18-13-16-8-11-25(18,12-9-19(24)28)21(30)15(16)2/h9,12,14,16-18,21,30H,2,4-8,10-11,13H2,1,3H3,(H2,26,29)(H,27,31)(H,32,33)/t14?,16-,17-,18-,21-,24-,25-/m0/s1. The summed E-state index contributed by atoms with van der Waals surface area (Å²) in [5, 5.41) is 22.8. The molecule has 0 aliphatic heterocycles. The second kappa shape index (κ2) is 9.41. The van der Waals surface area contributed by atoms with Crippen LogP contribution in [0.25, 0.3) is 0 Å². The maximum atomic E-state index is 13.0. The van der Waals surface area contributed by atoms with E-state index < -0.39 is 46.7 Å². The zero-order chi connectivity index (χ0) is 24.6. The van der Waals surface area contributed by atoms with E-state index in [0.717, 1.165) is 24.8 Å². The van der Waals surface area contributed by atoms with Crippen LogP contribution < -0.4 is 11.1 Å². The molecule has 1 unspecified atom stereocenters. The number of aliphatic hydroxyl groups excluding tert-OH is 1. The fourth-order valence-corrected chi connectivity index (χ4v) is 6.25. The van der Waals surface area contributed by atoms with E-state index in [1.165, 1.54) is 0 Å². The number of aliphatic carboxylic acids is 1. The molecule has 4 aliphatic rings. The van der Waals surface area contributed by atoms with Crippen LogP contribution in [0.4, 0.5) is 0 Å². The molecule has 182 valence electrons. The van der Waals surface area contributed by atoms with Crippen molar-refractivity contribution in [2.24, 2.45) is 34.3 Å². The molecule has 1 spiro atoms. The molecule has 3 saturated carbocycles. The maximum Gasteiger partial charge on any atom is 0.326 e. The first-order valence-corrected chi connectivity index (χ1v) is 11.8. The molecule has 3 fully saturated rings. The number of primary amides is 1. The molecule has 0 aromatic carbocycles. The molecule has 8 nitrogen and oxygen atoms in total. The lowest BCUT2D eigenvalue weighted by Gasteiger charge is -2.61. The van der Waals surface area contributed by atoms with Gasteiger partial charge in [0.05, 0.1) is 6.10 Å². The lowest BCUT2D eigenvalue weighted by molar-refractivity contribution is -0.145. The Labute approximate surface area is 194 Å².